The summed E-state index contributed by atoms with van der Waals surface area (Å²) in [7, 11) is 1.81. The second-order valence-corrected chi connectivity index (χ2v) is 7.79. The third-order valence-electron chi connectivity index (χ3n) is 5.70. The lowest BCUT2D eigenvalue weighted by atomic mass is 9.97. The Morgan fingerprint density at radius 2 is 2.04 bits per heavy atom. The lowest BCUT2D eigenvalue weighted by Gasteiger charge is -2.31. The molecule has 6 heteroatoms. The maximum Gasteiger partial charge on any atom is 0.221 e. The van der Waals surface area contributed by atoms with Gasteiger partial charge in [0, 0.05) is 33.2 Å². The topological polar surface area (TPSA) is 82.8 Å². The van der Waals surface area contributed by atoms with E-state index < -0.39 is 0 Å². The van der Waals surface area contributed by atoms with Crippen molar-refractivity contribution in [2.24, 2.45) is 22.6 Å². The Balaban J connectivity index is 1.86. The van der Waals surface area contributed by atoms with Crippen LogP contribution in [-0.4, -0.2) is 43.4 Å². The Bertz CT molecular complexity index is 642. The smallest absolute Gasteiger partial charge is 0.221 e. The summed E-state index contributed by atoms with van der Waals surface area (Å²) in [6, 6.07) is 8.61. The van der Waals surface area contributed by atoms with Crippen LogP contribution in [0.25, 0.3) is 0 Å². The van der Waals surface area contributed by atoms with Gasteiger partial charge >= 0.3 is 0 Å². The molecule has 4 N–H and O–H groups in total. The van der Waals surface area contributed by atoms with Crippen molar-refractivity contribution in [2.45, 2.75) is 52.6 Å². The maximum absolute atomic E-state index is 11.5. The van der Waals surface area contributed by atoms with Crippen LogP contribution in [0.3, 0.4) is 0 Å². The Morgan fingerprint density at radius 1 is 1.29 bits per heavy atom. The summed E-state index contributed by atoms with van der Waals surface area (Å²) in [5, 5.41) is 6.83. The van der Waals surface area contributed by atoms with Crippen LogP contribution in [0.5, 0.6) is 0 Å². The number of rotatable bonds is 9. The first kappa shape index (κ1) is 22.2. The van der Waals surface area contributed by atoms with Crippen LogP contribution in [0.4, 0.5) is 0 Å². The van der Waals surface area contributed by atoms with Gasteiger partial charge in [0.05, 0.1) is 5.92 Å². The van der Waals surface area contributed by atoms with E-state index in [4.69, 9.17) is 5.73 Å². The van der Waals surface area contributed by atoms with Crippen molar-refractivity contribution in [2.75, 3.05) is 26.7 Å². The maximum atomic E-state index is 11.5. The van der Waals surface area contributed by atoms with Gasteiger partial charge in [0.15, 0.2) is 5.96 Å². The van der Waals surface area contributed by atoms with Gasteiger partial charge in [-0.3, -0.25) is 14.7 Å². The summed E-state index contributed by atoms with van der Waals surface area (Å²) in [6.45, 7) is 8.79. The van der Waals surface area contributed by atoms with Gasteiger partial charge in [-0.15, -0.1) is 0 Å². The molecule has 0 radical (unpaired) electrons. The van der Waals surface area contributed by atoms with E-state index in [1.54, 1.807) is 0 Å². The van der Waals surface area contributed by atoms with Gasteiger partial charge in [0.2, 0.25) is 5.91 Å². The van der Waals surface area contributed by atoms with Gasteiger partial charge in [0.25, 0.3) is 0 Å². The van der Waals surface area contributed by atoms with Crippen molar-refractivity contribution in [3.05, 3.63) is 35.4 Å². The molecule has 156 valence electrons. The number of hydrogen-bond donors (Lipinski definition) is 3. The minimum absolute atomic E-state index is 0.0111. The number of guanidine groups is 1. The number of hydrogen-bond acceptors (Lipinski definition) is 3. The quantitative estimate of drug-likeness (QED) is 0.449. The lowest BCUT2D eigenvalue weighted by molar-refractivity contribution is -0.123. The van der Waals surface area contributed by atoms with Gasteiger partial charge in [-0.05, 0) is 36.4 Å². The largest absolute Gasteiger partial charge is 0.369 e. The highest BCUT2D eigenvalue weighted by molar-refractivity contribution is 5.79. The third-order valence-corrected chi connectivity index (χ3v) is 5.70. The molecule has 0 bridgehead atoms. The van der Waals surface area contributed by atoms with Crippen LogP contribution in [0, 0.1) is 11.8 Å². The first-order valence-corrected chi connectivity index (χ1v) is 10.6. The molecule has 1 fully saturated rings. The van der Waals surface area contributed by atoms with Crippen molar-refractivity contribution < 1.29 is 4.79 Å². The Hall–Kier alpha value is -2.08. The average molecular weight is 388 g/mol. The van der Waals surface area contributed by atoms with E-state index >= 15 is 0 Å². The molecule has 1 saturated heterocycles. The average Bonchev–Trinajstić information content (AvgIpc) is 2.71. The fourth-order valence-electron chi connectivity index (χ4n) is 3.75. The lowest BCUT2D eigenvalue weighted by Crippen LogP contribution is -2.40. The molecular formula is C22H37N5O. The van der Waals surface area contributed by atoms with E-state index in [2.05, 4.69) is 58.6 Å². The standard InChI is InChI=1S/C22H37N5O/c1-4-17(5-2)13-25-22(24-3)26-14-18-8-6-9-19(12-18)15-27-11-7-10-20(16-27)21(23)28/h6,8-9,12,17,20H,4-5,7,10-11,13-16H2,1-3H3,(H2,23,28)(H2,24,25,26). The molecule has 0 aliphatic carbocycles. The van der Waals surface area contributed by atoms with Crippen LogP contribution in [-0.2, 0) is 17.9 Å². The van der Waals surface area contributed by atoms with Crippen molar-refractivity contribution in [3.8, 4) is 0 Å². The molecule has 0 spiro atoms. The monoisotopic (exact) mass is 387 g/mol. The van der Waals surface area contributed by atoms with Gasteiger partial charge in [-0.1, -0.05) is 51.0 Å². The van der Waals surface area contributed by atoms with Crippen LogP contribution < -0.4 is 16.4 Å². The van der Waals surface area contributed by atoms with E-state index in [9.17, 15) is 4.79 Å². The number of nitrogens with zero attached hydrogens (tertiary/aromatic N) is 2. The molecule has 2 rings (SSSR count). The zero-order chi connectivity index (χ0) is 20.4. The molecule has 28 heavy (non-hydrogen) atoms. The molecule has 1 heterocycles. The first-order valence-electron chi connectivity index (χ1n) is 10.6. The van der Waals surface area contributed by atoms with Crippen LogP contribution in [0.1, 0.15) is 50.7 Å². The van der Waals surface area contributed by atoms with Gasteiger partial charge in [-0.2, -0.15) is 0 Å². The normalized spacial score (nSPS) is 18.3. The highest BCUT2D eigenvalue weighted by Crippen LogP contribution is 2.18. The Morgan fingerprint density at radius 3 is 2.71 bits per heavy atom. The molecular weight excluding hydrogens is 350 g/mol. The number of likely N-dealkylation sites (tertiary alicyclic amines) is 1. The number of carbonyl (C=O) groups is 1. The number of piperidine rings is 1. The van der Waals surface area contributed by atoms with Crippen molar-refractivity contribution in [1.29, 1.82) is 0 Å². The summed E-state index contributed by atoms with van der Waals surface area (Å²) in [6.07, 6.45) is 4.30. The minimum Gasteiger partial charge on any atom is -0.369 e. The van der Waals surface area contributed by atoms with E-state index in [0.717, 1.165) is 51.5 Å². The van der Waals surface area contributed by atoms with Crippen LogP contribution in [0.15, 0.2) is 29.3 Å². The highest BCUT2D eigenvalue weighted by atomic mass is 16.1. The molecule has 1 aromatic carbocycles. The van der Waals surface area contributed by atoms with E-state index in [-0.39, 0.29) is 11.8 Å². The molecule has 6 nitrogen and oxygen atoms in total. The number of nitrogens with two attached hydrogens (primary N) is 1. The molecule has 1 aromatic rings. The number of amides is 1. The second kappa shape index (κ2) is 11.7. The van der Waals surface area contributed by atoms with Gasteiger partial charge in [0.1, 0.15) is 0 Å². The van der Waals surface area contributed by atoms with E-state index in [1.807, 2.05) is 7.05 Å². The number of benzene rings is 1. The molecule has 1 aliphatic rings. The zero-order valence-electron chi connectivity index (χ0n) is 17.7. The summed E-state index contributed by atoms with van der Waals surface area (Å²) >= 11 is 0. The minimum atomic E-state index is -0.171. The molecule has 1 aliphatic heterocycles. The van der Waals surface area contributed by atoms with Gasteiger partial charge < -0.3 is 16.4 Å². The molecule has 0 aromatic heterocycles. The van der Waals surface area contributed by atoms with Crippen molar-refractivity contribution in [3.63, 3.8) is 0 Å². The fourth-order valence-corrected chi connectivity index (χ4v) is 3.75. The molecule has 1 unspecified atom stereocenters. The summed E-state index contributed by atoms with van der Waals surface area (Å²) in [4.78, 5) is 18.1. The predicted molar refractivity (Wildman–Crippen MR) is 116 cm³/mol. The SMILES string of the molecule is CCC(CC)CNC(=NC)NCc1cccc(CN2CCCC(C(N)=O)C2)c1. The number of carbonyl (C=O) groups excluding carboxylic acids is 1. The Kier molecular flexibility index (Phi) is 9.28. The fraction of sp³-hybridized carbons (Fsp3) is 0.636. The van der Waals surface area contributed by atoms with Gasteiger partial charge in [-0.25, -0.2) is 0 Å². The first-order chi connectivity index (χ1) is 13.5. The summed E-state index contributed by atoms with van der Waals surface area (Å²) in [5.74, 6) is 1.34. The Labute approximate surface area is 170 Å². The highest BCUT2D eigenvalue weighted by Gasteiger charge is 2.23. The van der Waals surface area contributed by atoms with Crippen LogP contribution in [0.2, 0.25) is 0 Å². The summed E-state index contributed by atoms with van der Waals surface area (Å²) in [5.41, 5.74) is 7.99. The summed E-state index contributed by atoms with van der Waals surface area (Å²) < 4.78 is 0. The number of nitrogens with one attached hydrogen (secondary N) is 2. The third kappa shape index (κ3) is 7.15. The van der Waals surface area contributed by atoms with Crippen molar-refractivity contribution in [1.82, 2.24) is 15.5 Å². The number of aliphatic imine (C=N–C) groups is 1. The van der Waals surface area contributed by atoms with Crippen molar-refractivity contribution >= 4 is 11.9 Å². The van der Waals surface area contributed by atoms with E-state index in [0.29, 0.717) is 5.92 Å². The zero-order valence-corrected chi connectivity index (χ0v) is 17.7. The van der Waals surface area contributed by atoms with E-state index in [1.165, 1.54) is 24.0 Å². The number of primary amides is 1. The molecule has 0 saturated carbocycles. The molecule has 1 atom stereocenters. The second-order valence-electron chi connectivity index (χ2n) is 7.79. The van der Waals surface area contributed by atoms with Crippen LogP contribution >= 0.6 is 0 Å². The molecule has 1 amide bonds. The predicted octanol–water partition coefficient (Wildman–Crippen LogP) is 2.49.